The second-order valence-electron chi connectivity index (χ2n) is 7.22. The number of benzene rings is 2. The Hall–Kier alpha value is -2.89. The van der Waals surface area contributed by atoms with E-state index >= 15 is 0 Å². The monoisotopic (exact) mass is 367 g/mol. The van der Waals surface area contributed by atoms with E-state index in [4.69, 9.17) is 4.74 Å². The largest absolute Gasteiger partial charge is 0.493 e. The Balaban J connectivity index is 1.23. The third kappa shape index (κ3) is 4.45. The molecule has 1 fully saturated rings. The smallest absolute Gasteiger partial charge is 0.220 e. The fraction of sp³-hybridized carbons (Fsp3) is 0.333. The molecule has 27 heavy (non-hydrogen) atoms. The van der Waals surface area contributed by atoms with Crippen molar-refractivity contribution < 1.29 is 13.9 Å². The summed E-state index contributed by atoms with van der Waals surface area (Å²) in [5.74, 6) is 1.24. The molecule has 4 rings (SSSR count). The summed E-state index contributed by atoms with van der Waals surface area (Å²) < 4.78 is 19.1. The van der Waals surface area contributed by atoms with Gasteiger partial charge in [-0.1, -0.05) is 18.2 Å². The Kier molecular flexibility index (Phi) is 4.79. The molecule has 1 amide bonds. The van der Waals surface area contributed by atoms with Crippen LogP contribution in [0.4, 0.5) is 4.39 Å². The number of hydrogen-bond donors (Lipinski definition) is 2. The summed E-state index contributed by atoms with van der Waals surface area (Å²) in [5, 5.41) is 3.01. The number of hydrogen-bond acceptors (Lipinski definition) is 3. The Labute approximate surface area is 157 Å². The number of para-hydroxylation sites is 1. The minimum absolute atomic E-state index is 0.00683. The van der Waals surface area contributed by atoms with Crippen LogP contribution in [0, 0.1) is 11.2 Å². The molecule has 6 heteroatoms. The molecule has 0 aliphatic heterocycles. The number of H-pyrrole nitrogens is 1. The highest BCUT2D eigenvalue weighted by molar-refractivity contribution is 5.77. The van der Waals surface area contributed by atoms with Gasteiger partial charge in [-0.2, -0.15) is 0 Å². The lowest BCUT2D eigenvalue weighted by atomic mass is 10.1. The molecular weight excluding hydrogens is 345 g/mol. The molecule has 1 saturated carbocycles. The third-order valence-corrected chi connectivity index (χ3v) is 4.99. The van der Waals surface area contributed by atoms with E-state index in [1.807, 2.05) is 30.3 Å². The highest BCUT2D eigenvalue weighted by Gasteiger charge is 2.43. The molecule has 0 atom stereocenters. The summed E-state index contributed by atoms with van der Waals surface area (Å²) in [5.41, 5.74) is 1.42. The molecule has 1 aliphatic carbocycles. The third-order valence-electron chi connectivity index (χ3n) is 4.99. The average molecular weight is 367 g/mol. The number of imidazole rings is 1. The number of amides is 1. The number of rotatable bonds is 8. The number of fused-ring (bicyclic) bond motifs is 1. The van der Waals surface area contributed by atoms with Gasteiger partial charge in [-0.05, 0) is 43.2 Å². The van der Waals surface area contributed by atoms with E-state index in [2.05, 4.69) is 15.3 Å². The van der Waals surface area contributed by atoms with Crippen LogP contribution in [0.25, 0.3) is 11.0 Å². The van der Waals surface area contributed by atoms with Gasteiger partial charge in [0.05, 0.1) is 17.6 Å². The van der Waals surface area contributed by atoms with Crippen molar-refractivity contribution in [1.82, 2.24) is 15.3 Å². The normalized spacial score (nSPS) is 14.9. The number of halogens is 1. The van der Waals surface area contributed by atoms with Gasteiger partial charge in [0, 0.05) is 24.8 Å². The van der Waals surface area contributed by atoms with E-state index < -0.39 is 0 Å². The first-order valence-corrected chi connectivity index (χ1v) is 9.21. The first kappa shape index (κ1) is 17.5. The SMILES string of the molecule is O=C(CCc1nc2ccc(F)cc2[nH]1)NCC1(COc2ccccc2)CC1. The second kappa shape index (κ2) is 7.39. The first-order valence-electron chi connectivity index (χ1n) is 9.21. The van der Waals surface area contributed by atoms with Gasteiger partial charge in [-0.3, -0.25) is 4.79 Å². The van der Waals surface area contributed by atoms with E-state index in [0.717, 1.165) is 18.6 Å². The van der Waals surface area contributed by atoms with Crippen LogP contribution in [0.1, 0.15) is 25.1 Å². The van der Waals surface area contributed by atoms with Crippen molar-refractivity contribution in [3.8, 4) is 5.75 Å². The zero-order chi connectivity index (χ0) is 18.7. The van der Waals surface area contributed by atoms with Crippen molar-refractivity contribution in [2.24, 2.45) is 5.41 Å². The molecule has 0 unspecified atom stereocenters. The van der Waals surface area contributed by atoms with Crippen molar-refractivity contribution in [2.45, 2.75) is 25.7 Å². The standard InChI is InChI=1S/C21H22FN3O2/c22-15-6-7-17-18(12-15)25-19(24-17)8-9-20(26)23-13-21(10-11-21)14-27-16-4-2-1-3-5-16/h1-7,12H,8-11,13-14H2,(H,23,26)(H,24,25). The maximum Gasteiger partial charge on any atom is 0.220 e. The number of aromatic amines is 1. The number of aryl methyl sites for hydroxylation is 1. The molecule has 2 N–H and O–H groups in total. The van der Waals surface area contributed by atoms with Crippen LogP contribution in [-0.2, 0) is 11.2 Å². The Morgan fingerprint density at radius 1 is 1.22 bits per heavy atom. The summed E-state index contributed by atoms with van der Waals surface area (Å²) in [6, 6.07) is 14.2. The lowest BCUT2D eigenvalue weighted by molar-refractivity contribution is -0.121. The van der Waals surface area contributed by atoms with E-state index in [-0.39, 0.29) is 17.1 Å². The zero-order valence-corrected chi connectivity index (χ0v) is 15.0. The minimum Gasteiger partial charge on any atom is -0.493 e. The molecule has 3 aromatic rings. The van der Waals surface area contributed by atoms with Gasteiger partial charge >= 0.3 is 0 Å². The number of aromatic nitrogens is 2. The summed E-state index contributed by atoms with van der Waals surface area (Å²) in [4.78, 5) is 19.6. The maximum atomic E-state index is 13.2. The summed E-state index contributed by atoms with van der Waals surface area (Å²) in [7, 11) is 0. The van der Waals surface area contributed by atoms with E-state index in [1.165, 1.54) is 12.1 Å². The Morgan fingerprint density at radius 3 is 2.81 bits per heavy atom. The van der Waals surface area contributed by atoms with Crippen LogP contribution < -0.4 is 10.1 Å². The van der Waals surface area contributed by atoms with Gasteiger partial charge in [-0.15, -0.1) is 0 Å². The topological polar surface area (TPSA) is 67.0 Å². The number of ether oxygens (including phenoxy) is 1. The zero-order valence-electron chi connectivity index (χ0n) is 15.0. The van der Waals surface area contributed by atoms with Gasteiger partial charge in [0.25, 0.3) is 0 Å². The molecule has 2 aromatic carbocycles. The van der Waals surface area contributed by atoms with E-state index in [9.17, 15) is 9.18 Å². The highest BCUT2D eigenvalue weighted by Crippen LogP contribution is 2.45. The van der Waals surface area contributed by atoms with Crippen molar-refractivity contribution in [3.05, 3.63) is 60.2 Å². The predicted octanol–water partition coefficient (Wildman–Crippen LogP) is 3.61. The molecule has 5 nitrogen and oxygen atoms in total. The molecule has 1 aliphatic rings. The van der Waals surface area contributed by atoms with Crippen LogP contribution in [0.15, 0.2) is 48.5 Å². The number of carbonyl (C=O) groups excluding carboxylic acids is 1. The van der Waals surface area contributed by atoms with E-state index in [1.54, 1.807) is 6.07 Å². The molecule has 0 spiro atoms. The predicted molar refractivity (Wildman–Crippen MR) is 101 cm³/mol. The Morgan fingerprint density at radius 2 is 2.04 bits per heavy atom. The van der Waals surface area contributed by atoms with Crippen molar-refractivity contribution >= 4 is 16.9 Å². The van der Waals surface area contributed by atoms with Gasteiger partial charge in [0.15, 0.2) is 0 Å². The highest BCUT2D eigenvalue weighted by atomic mass is 19.1. The molecule has 140 valence electrons. The average Bonchev–Trinajstić information content (AvgIpc) is 3.35. The van der Waals surface area contributed by atoms with Crippen LogP contribution >= 0.6 is 0 Å². The summed E-state index contributed by atoms with van der Waals surface area (Å²) >= 11 is 0. The fourth-order valence-electron chi connectivity index (χ4n) is 3.06. The van der Waals surface area contributed by atoms with Gasteiger partial charge in [-0.25, -0.2) is 9.37 Å². The lowest BCUT2D eigenvalue weighted by Crippen LogP contribution is -2.33. The number of nitrogens with one attached hydrogen (secondary N) is 2. The number of carbonyl (C=O) groups is 1. The maximum absolute atomic E-state index is 13.2. The lowest BCUT2D eigenvalue weighted by Gasteiger charge is -2.17. The molecule has 0 radical (unpaired) electrons. The molecule has 0 saturated heterocycles. The Bertz CT molecular complexity index is 935. The molecule has 1 aromatic heterocycles. The summed E-state index contributed by atoms with van der Waals surface area (Å²) in [6.45, 7) is 1.25. The van der Waals surface area contributed by atoms with Crippen LogP contribution in [-0.4, -0.2) is 29.0 Å². The fourth-order valence-corrected chi connectivity index (χ4v) is 3.06. The molecule has 1 heterocycles. The first-order chi connectivity index (χ1) is 13.1. The minimum atomic E-state index is -0.303. The molecule has 0 bridgehead atoms. The van der Waals surface area contributed by atoms with Gasteiger partial charge < -0.3 is 15.0 Å². The second-order valence-corrected chi connectivity index (χ2v) is 7.22. The van der Waals surface area contributed by atoms with Crippen molar-refractivity contribution in [3.63, 3.8) is 0 Å². The summed E-state index contributed by atoms with van der Waals surface area (Å²) in [6.07, 6.45) is 2.97. The molecular formula is C21H22FN3O2. The van der Waals surface area contributed by atoms with Crippen LogP contribution in [0.5, 0.6) is 5.75 Å². The van der Waals surface area contributed by atoms with Crippen molar-refractivity contribution in [1.29, 1.82) is 0 Å². The number of nitrogens with zero attached hydrogens (tertiary/aromatic N) is 1. The quantitative estimate of drug-likeness (QED) is 0.639. The van der Waals surface area contributed by atoms with Gasteiger partial charge in [0.1, 0.15) is 17.4 Å². The van der Waals surface area contributed by atoms with Gasteiger partial charge in [0.2, 0.25) is 5.91 Å². The van der Waals surface area contributed by atoms with Crippen LogP contribution in [0.2, 0.25) is 0 Å². The van der Waals surface area contributed by atoms with Crippen LogP contribution in [0.3, 0.4) is 0 Å². The van der Waals surface area contributed by atoms with E-state index in [0.29, 0.717) is 42.9 Å². The van der Waals surface area contributed by atoms with Crippen molar-refractivity contribution in [2.75, 3.05) is 13.2 Å².